The van der Waals surface area contributed by atoms with Crippen LogP contribution >= 0.6 is 35.6 Å². The molecule has 1 fully saturated rings. The maximum atomic E-state index is 6.14. The molecule has 0 saturated heterocycles. The zero-order valence-electron chi connectivity index (χ0n) is 16.6. The Hall–Kier alpha value is -1.35. The Balaban J connectivity index is 0.00000280. The highest BCUT2D eigenvalue weighted by molar-refractivity contribution is 14.0. The molecule has 1 unspecified atom stereocenters. The van der Waals surface area contributed by atoms with Crippen LogP contribution in [-0.2, 0) is 13.0 Å². The molecule has 1 saturated carbocycles. The second kappa shape index (κ2) is 11.6. The Kier molecular flexibility index (Phi) is 9.50. The first-order valence-electron chi connectivity index (χ1n) is 9.85. The number of benzene rings is 1. The summed E-state index contributed by atoms with van der Waals surface area (Å²) in [5.41, 5.74) is 1.15. The largest absolute Gasteiger partial charge is 0.354 e. The topological polar surface area (TPSA) is 67.1 Å². The summed E-state index contributed by atoms with van der Waals surface area (Å²) in [4.78, 5) is 4.81. The van der Waals surface area contributed by atoms with Gasteiger partial charge in [-0.2, -0.15) is 0 Å². The number of nitrogens with zero attached hydrogens (tertiary/aromatic N) is 4. The van der Waals surface area contributed by atoms with Crippen LogP contribution in [0.15, 0.2) is 35.6 Å². The van der Waals surface area contributed by atoms with Crippen LogP contribution in [0.25, 0.3) is 0 Å². The van der Waals surface area contributed by atoms with Crippen molar-refractivity contribution in [1.29, 1.82) is 0 Å². The van der Waals surface area contributed by atoms with E-state index in [0.29, 0.717) is 12.6 Å². The molecule has 0 spiro atoms. The van der Waals surface area contributed by atoms with Crippen molar-refractivity contribution in [1.82, 2.24) is 25.4 Å². The Bertz CT molecular complexity index is 757. The molecule has 1 atom stereocenters. The van der Waals surface area contributed by atoms with E-state index in [2.05, 4.69) is 45.3 Å². The number of rotatable bonds is 7. The lowest BCUT2D eigenvalue weighted by molar-refractivity contribution is 0.589. The van der Waals surface area contributed by atoms with Crippen molar-refractivity contribution in [3.8, 4) is 0 Å². The van der Waals surface area contributed by atoms with E-state index in [1.54, 1.807) is 6.33 Å². The number of aryl methyl sites for hydroxylation is 1. The summed E-state index contributed by atoms with van der Waals surface area (Å²) >= 11 is 6.14. The molecule has 2 N–H and O–H groups in total. The predicted molar refractivity (Wildman–Crippen MR) is 126 cm³/mol. The minimum Gasteiger partial charge on any atom is -0.354 e. The number of halogens is 2. The van der Waals surface area contributed by atoms with Crippen LogP contribution in [0.1, 0.15) is 57.0 Å². The standard InChI is InChI=1S/C20H29ClN6.HI/c1-3-19-26-23-14-27(19)12-11-22-20(25-18-9-4-5-10-18)24-15(2)16-7-6-8-17(21)13-16;/h6-8,13-15,18H,3-5,9-12H2,1-2H3,(H2,22,24,25);1H. The van der Waals surface area contributed by atoms with E-state index in [9.17, 15) is 0 Å². The fourth-order valence-corrected chi connectivity index (χ4v) is 3.67. The van der Waals surface area contributed by atoms with Gasteiger partial charge >= 0.3 is 0 Å². The number of nitrogens with one attached hydrogen (secondary N) is 2. The van der Waals surface area contributed by atoms with Gasteiger partial charge in [0, 0.05) is 24.0 Å². The summed E-state index contributed by atoms with van der Waals surface area (Å²) < 4.78 is 2.07. The van der Waals surface area contributed by atoms with Gasteiger partial charge in [0.25, 0.3) is 0 Å². The maximum absolute atomic E-state index is 6.14. The number of aromatic nitrogens is 3. The van der Waals surface area contributed by atoms with Gasteiger partial charge in [-0.3, -0.25) is 4.99 Å². The molecule has 154 valence electrons. The molecule has 1 heterocycles. The van der Waals surface area contributed by atoms with E-state index in [0.717, 1.165) is 35.3 Å². The molecule has 0 amide bonds. The van der Waals surface area contributed by atoms with Gasteiger partial charge in [-0.05, 0) is 37.5 Å². The summed E-state index contributed by atoms with van der Waals surface area (Å²) in [6.07, 6.45) is 7.64. The number of hydrogen-bond donors (Lipinski definition) is 2. The van der Waals surface area contributed by atoms with E-state index in [1.165, 1.54) is 25.7 Å². The van der Waals surface area contributed by atoms with Crippen molar-refractivity contribution in [2.45, 2.75) is 64.6 Å². The van der Waals surface area contributed by atoms with Crippen molar-refractivity contribution in [2.24, 2.45) is 4.99 Å². The molecule has 1 aliphatic rings. The SMILES string of the molecule is CCc1nncn1CCN=C(NC1CCCC1)NC(C)c1cccc(Cl)c1.I. The van der Waals surface area contributed by atoms with Crippen molar-refractivity contribution >= 4 is 41.5 Å². The first kappa shape index (κ1) is 22.9. The van der Waals surface area contributed by atoms with Gasteiger partial charge in [-0.15, -0.1) is 34.2 Å². The molecule has 1 aromatic heterocycles. The molecule has 0 radical (unpaired) electrons. The zero-order chi connectivity index (χ0) is 19.1. The average Bonchev–Trinajstić information content (AvgIpc) is 3.33. The molecule has 1 aromatic carbocycles. The highest BCUT2D eigenvalue weighted by Crippen LogP contribution is 2.19. The quantitative estimate of drug-likeness (QED) is 0.326. The summed E-state index contributed by atoms with van der Waals surface area (Å²) in [6.45, 7) is 5.67. The molecule has 2 aromatic rings. The van der Waals surface area contributed by atoms with Crippen LogP contribution in [0.2, 0.25) is 5.02 Å². The monoisotopic (exact) mass is 516 g/mol. The average molecular weight is 517 g/mol. The summed E-state index contributed by atoms with van der Waals surface area (Å²) in [5.74, 6) is 1.86. The molecule has 28 heavy (non-hydrogen) atoms. The van der Waals surface area contributed by atoms with E-state index in [4.69, 9.17) is 16.6 Å². The Morgan fingerprint density at radius 2 is 2.14 bits per heavy atom. The lowest BCUT2D eigenvalue weighted by atomic mass is 10.1. The van der Waals surface area contributed by atoms with Crippen molar-refractivity contribution in [2.75, 3.05) is 6.54 Å². The van der Waals surface area contributed by atoms with Crippen molar-refractivity contribution < 1.29 is 0 Å². The second-order valence-electron chi connectivity index (χ2n) is 7.07. The van der Waals surface area contributed by atoms with Crippen molar-refractivity contribution in [3.63, 3.8) is 0 Å². The maximum Gasteiger partial charge on any atom is 0.192 e. The van der Waals surface area contributed by atoms with Gasteiger partial charge < -0.3 is 15.2 Å². The molecule has 3 rings (SSSR count). The summed E-state index contributed by atoms with van der Waals surface area (Å²) in [6, 6.07) is 8.59. The van der Waals surface area contributed by atoms with E-state index in [1.807, 2.05) is 18.2 Å². The molecule has 0 aliphatic heterocycles. The van der Waals surface area contributed by atoms with E-state index in [-0.39, 0.29) is 30.0 Å². The number of aliphatic imine (C=N–C) groups is 1. The summed E-state index contributed by atoms with van der Waals surface area (Å²) in [5, 5.41) is 16.0. The Morgan fingerprint density at radius 1 is 1.36 bits per heavy atom. The zero-order valence-corrected chi connectivity index (χ0v) is 19.7. The smallest absolute Gasteiger partial charge is 0.192 e. The molecular formula is C20H30ClIN6. The van der Waals surface area contributed by atoms with Crippen LogP contribution in [0.3, 0.4) is 0 Å². The lowest BCUT2D eigenvalue weighted by Crippen LogP contribution is -2.43. The number of guanidine groups is 1. The first-order valence-corrected chi connectivity index (χ1v) is 10.2. The molecule has 8 heteroatoms. The second-order valence-corrected chi connectivity index (χ2v) is 7.51. The first-order chi connectivity index (χ1) is 13.2. The van der Waals surface area contributed by atoms with Crippen LogP contribution < -0.4 is 10.6 Å². The Morgan fingerprint density at radius 3 is 2.86 bits per heavy atom. The van der Waals surface area contributed by atoms with Gasteiger partial charge in [0.15, 0.2) is 5.96 Å². The van der Waals surface area contributed by atoms with Gasteiger partial charge in [0.1, 0.15) is 12.2 Å². The van der Waals surface area contributed by atoms with Gasteiger partial charge in [-0.25, -0.2) is 0 Å². The highest BCUT2D eigenvalue weighted by atomic mass is 127. The number of hydrogen-bond acceptors (Lipinski definition) is 3. The van der Waals surface area contributed by atoms with E-state index < -0.39 is 0 Å². The molecular weight excluding hydrogens is 487 g/mol. The highest BCUT2D eigenvalue weighted by Gasteiger charge is 2.17. The summed E-state index contributed by atoms with van der Waals surface area (Å²) in [7, 11) is 0. The molecule has 6 nitrogen and oxygen atoms in total. The predicted octanol–water partition coefficient (Wildman–Crippen LogP) is 4.35. The third kappa shape index (κ3) is 6.62. The van der Waals surface area contributed by atoms with Crippen molar-refractivity contribution in [3.05, 3.63) is 47.0 Å². The Labute approximate surface area is 189 Å². The minimum atomic E-state index is 0. The van der Waals surface area contributed by atoms with Gasteiger partial charge in [0.05, 0.1) is 12.6 Å². The minimum absolute atomic E-state index is 0. The molecule has 1 aliphatic carbocycles. The van der Waals surface area contributed by atoms with Crippen LogP contribution in [0.4, 0.5) is 0 Å². The van der Waals surface area contributed by atoms with Gasteiger partial charge in [-0.1, -0.05) is 43.5 Å². The van der Waals surface area contributed by atoms with E-state index >= 15 is 0 Å². The fraction of sp³-hybridized carbons (Fsp3) is 0.550. The lowest BCUT2D eigenvalue weighted by Gasteiger charge is -2.22. The van der Waals surface area contributed by atoms with Crippen LogP contribution in [-0.4, -0.2) is 33.3 Å². The van der Waals surface area contributed by atoms with Gasteiger partial charge in [0.2, 0.25) is 0 Å². The third-order valence-corrected chi connectivity index (χ3v) is 5.26. The third-order valence-electron chi connectivity index (χ3n) is 5.02. The van der Waals surface area contributed by atoms with Crippen LogP contribution in [0.5, 0.6) is 0 Å². The molecule has 0 bridgehead atoms. The normalized spacial score (nSPS) is 15.9. The fourth-order valence-electron chi connectivity index (χ4n) is 3.47. The van der Waals surface area contributed by atoms with Crippen LogP contribution in [0, 0.1) is 0 Å².